The zero-order valence-electron chi connectivity index (χ0n) is 12.6. The van der Waals surface area contributed by atoms with Crippen LogP contribution in [0.1, 0.15) is 16.3 Å². The van der Waals surface area contributed by atoms with E-state index in [-0.39, 0.29) is 0 Å². The lowest BCUT2D eigenvalue weighted by atomic mass is 9.92. The fourth-order valence-corrected chi connectivity index (χ4v) is 1.71. The lowest BCUT2D eigenvalue weighted by Crippen LogP contribution is -2.69. The number of aromatic amines is 1. The predicted octanol–water partition coefficient (Wildman–Crippen LogP) is 4.33. The van der Waals surface area contributed by atoms with Crippen LogP contribution in [0.3, 0.4) is 0 Å². The van der Waals surface area contributed by atoms with Gasteiger partial charge in [0.1, 0.15) is 0 Å². The van der Waals surface area contributed by atoms with E-state index >= 15 is 0 Å². The number of H-pyrrole nitrogens is 1. The Morgan fingerprint density at radius 3 is 1.55 bits per heavy atom. The van der Waals surface area contributed by atoms with E-state index in [1.165, 1.54) is 0 Å². The number of nitro groups is 1. The van der Waals surface area contributed by atoms with Gasteiger partial charge in [0.15, 0.2) is 0 Å². The Hall–Kier alpha value is -2.63. The molecule has 0 aromatic carbocycles. The van der Waals surface area contributed by atoms with Gasteiger partial charge in [-0.1, -0.05) is 0 Å². The summed E-state index contributed by atoms with van der Waals surface area (Å²) in [5, 5.41) is 10.5. The molecule has 0 fully saturated rings. The number of nitrogens with zero attached hydrogens (tertiary/aromatic N) is 2. The van der Waals surface area contributed by atoms with Crippen molar-refractivity contribution in [1.29, 1.82) is 0 Å². The van der Waals surface area contributed by atoms with Gasteiger partial charge in [-0.05, 0) is 4.92 Å². The Balaban J connectivity index is 3.74. The first-order chi connectivity index (χ1) is 12.6. The van der Waals surface area contributed by atoms with E-state index in [0.717, 1.165) is 4.98 Å². The highest BCUT2D eigenvalue weighted by atomic mass is 19.4. The maximum atomic E-state index is 13.8. The molecule has 1 rings (SSSR count). The van der Waals surface area contributed by atoms with Crippen LogP contribution in [0.5, 0.6) is 0 Å². The molecule has 0 saturated carbocycles. The summed E-state index contributed by atoms with van der Waals surface area (Å²) >= 11 is 0. The van der Waals surface area contributed by atoms with Crippen LogP contribution >= 0.6 is 0 Å². The Morgan fingerprint density at radius 2 is 1.21 bits per heavy atom. The maximum absolute atomic E-state index is 13.8. The van der Waals surface area contributed by atoms with Crippen LogP contribution in [0.4, 0.5) is 62.9 Å². The monoisotopic (exact) mass is 459 g/mol. The van der Waals surface area contributed by atoms with Crippen LogP contribution in [-0.2, 0) is 5.92 Å². The second-order valence-corrected chi connectivity index (χ2v) is 5.06. The van der Waals surface area contributed by atoms with E-state index in [0.29, 0.717) is 0 Å². The Labute approximate surface area is 147 Å². The molecule has 0 unspecified atom stereocenters. The molecule has 0 atom stereocenters. The minimum absolute atomic E-state index is 0.657. The molecule has 0 aliphatic rings. The van der Waals surface area contributed by atoms with E-state index in [2.05, 4.69) is 4.98 Å². The lowest BCUT2D eigenvalue weighted by Gasteiger charge is -2.39. The molecule has 0 radical (unpaired) electrons. The van der Waals surface area contributed by atoms with Gasteiger partial charge in [-0.3, -0.25) is 4.79 Å². The Morgan fingerprint density at radius 1 is 0.793 bits per heavy atom. The average molecular weight is 459 g/mol. The molecule has 19 heteroatoms. The van der Waals surface area contributed by atoms with Crippen molar-refractivity contribution in [2.45, 2.75) is 35.8 Å². The fraction of sp³-hybridized carbons (Fsp3) is 0.600. The maximum Gasteiger partial charge on any atom is 0.460 e. The van der Waals surface area contributed by atoms with Gasteiger partial charge in [0.05, 0.1) is 0 Å². The zero-order chi connectivity index (χ0) is 23.4. The number of carbonyl (C=O) groups is 1. The van der Waals surface area contributed by atoms with Crippen LogP contribution < -0.4 is 0 Å². The summed E-state index contributed by atoms with van der Waals surface area (Å²) in [7, 11) is 0. The van der Waals surface area contributed by atoms with E-state index in [9.17, 15) is 72.0 Å². The highest BCUT2D eigenvalue weighted by Gasteiger charge is 2.91. The molecule has 1 aromatic heterocycles. The van der Waals surface area contributed by atoms with Crippen molar-refractivity contribution >= 4 is 12.1 Å². The molecule has 6 nitrogen and oxygen atoms in total. The Bertz CT molecular complexity index is 813. The molecule has 1 N–H and O–H groups in total. The van der Waals surface area contributed by atoms with Gasteiger partial charge < -0.3 is 10.1 Å². The van der Waals surface area contributed by atoms with Crippen LogP contribution in [0.15, 0.2) is 0 Å². The molecule has 0 saturated heterocycles. The molecule has 0 spiro atoms. The summed E-state index contributed by atoms with van der Waals surface area (Å²) in [6.45, 7) is 0. The number of carbonyl (C=O) groups excluding carboxylic acids is 1. The second-order valence-electron chi connectivity index (χ2n) is 5.06. The summed E-state index contributed by atoms with van der Waals surface area (Å²) in [4.78, 5) is 21.9. The van der Waals surface area contributed by atoms with E-state index in [1.807, 2.05) is 0 Å². The molecule has 0 amide bonds. The van der Waals surface area contributed by atoms with Gasteiger partial charge in [-0.25, -0.2) is 4.98 Å². The van der Waals surface area contributed by atoms with Crippen molar-refractivity contribution in [3.05, 3.63) is 21.6 Å². The van der Waals surface area contributed by atoms with Gasteiger partial charge in [0.25, 0.3) is 5.82 Å². The number of rotatable bonds is 7. The van der Waals surface area contributed by atoms with Crippen LogP contribution in [0, 0.1) is 10.1 Å². The molecule has 0 aliphatic carbocycles. The summed E-state index contributed by atoms with van der Waals surface area (Å²) < 4.78 is 169. The normalized spacial score (nSPS) is 14.8. The number of hydrogen-bond acceptors (Lipinski definition) is 4. The van der Waals surface area contributed by atoms with Gasteiger partial charge in [-0.2, -0.15) is 62.1 Å². The summed E-state index contributed by atoms with van der Waals surface area (Å²) in [5.74, 6) is -43.0. The predicted molar refractivity (Wildman–Crippen MR) is 60.4 cm³/mol. The van der Waals surface area contributed by atoms with Crippen LogP contribution in [0.25, 0.3) is 0 Å². The standard InChI is InChI=1S/C10H2F13N3O3/c11-5(12,3-4(26(28)29)25-2(1-27)24-3)6(13,14)7(15,16)8(17,18)9(19,20)10(21,22)23/h1H,(H,24,25). The SMILES string of the molecule is O=Cc1nc(C(F)(F)C(F)(F)C(F)(F)C(F)(F)C(F)(F)C(F)(F)F)c([N+](=O)[O-])[nH]1. The molecular weight excluding hydrogens is 457 g/mol. The summed E-state index contributed by atoms with van der Waals surface area (Å²) in [5.41, 5.74) is -3.10. The zero-order valence-corrected chi connectivity index (χ0v) is 12.6. The van der Waals surface area contributed by atoms with E-state index < -0.39 is 64.3 Å². The second kappa shape index (κ2) is 6.44. The first-order valence-electron chi connectivity index (χ1n) is 6.27. The van der Waals surface area contributed by atoms with Crippen molar-refractivity contribution in [2.24, 2.45) is 0 Å². The first kappa shape index (κ1) is 24.4. The highest BCUT2D eigenvalue weighted by Crippen LogP contribution is 2.62. The fourth-order valence-electron chi connectivity index (χ4n) is 1.71. The number of hydrogen-bond donors (Lipinski definition) is 1. The van der Waals surface area contributed by atoms with Gasteiger partial charge in [-0.15, -0.1) is 0 Å². The third-order valence-electron chi connectivity index (χ3n) is 3.23. The number of alkyl halides is 13. The largest absolute Gasteiger partial charge is 0.460 e. The first-order valence-corrected chi connectivity index (χ1v) is 6.27. The lowest BCUT2D eigenvalue weighted by molar-refractivity contribution is -0.443. The summed E-state index contributed by atoms with van der Waals surface area (Å²) in [6.07, 6.45) is -8.25. The minimum Gasteiger partial charge on any atom is -0.358 e. The van der Waals surface area contributed by atoms with E-state index in [1.54, 1.807) is 0 Å². The van der Waals surface area contributed by atoms with Gasteiger partial charge in [0.2, 0.25) is 12.0 Å². The molecule has 29 heavy (non-hydrogen) atoms. The molecule has 166 valence electrons. The number of aromatic nitrogens is 2. The minimum atomic E-state index is -8.16. The number of nitrogens with one attached hydrogen (secondary N) is 1. The van der Waals surface area contributed by atoms with Crippen molar-refractivity contribution in [3.8, 4) is 0 Å². The van der Waals surface area contributed by atoms with Gasteiger partial charge in [0, 0.05) is 0 Å². The highest BCUT2D eigenvalue weighted by molar-refractivity contribution is 5.70. The van der Waals surface area contributed by atoms with Crippen LogP contribution in [-0.4, -0.2) is 51.0 Å². The topological polar surface area (TPSA) is 88.9 Å². The molecule has 0 aliphatic heterocycles. The van der Waals surface area contributed by atoms with Crippen LogP contribution in [0.2, 0.25) is 0 Å². The quantitative estimate of drug-likeness (QED) is 0.285. The third-order valence-corrected chi connectivity index (χ3v) is 3.23. The number of aldehydes is 1. The Kier molecular flexibility index (Phi) is 5.42. The third kappa shape index (κ3) is 3.15. The smallest absolute Gasteiger partial charge is 0.358 e. The molecule has 0 bridgehead atoms. The van der Waals surface area contributed by atoms with Crippen molar-refractivity contribution in [1.82, 2.24) is 9.97 Å². The van der Waals surface area contributed by atoms with Gasteiger partial charge >= 0.3 is 41.6 Å². The van der Waals surface area contributed by atoms with Crippen molar-refractivity contribution in [3.63, 3.8) is 0 Å². The van der Waals surface area contributed by atoms with Crippen molar-refractivity contribution in [2.75, 3.05) is 0 Å². The average Bonchev–Trinajstić information content (AvgIpc) is 2.98. The van der Waals surface area contributed by atoms with E-state index in [4.69, 9.17) is 0 Å². The summed E-state index contributed by atoms with van der Waals surface area (Å²) in [6, 6.07) is 0. The molecule has 1 heterocycles. The number of imidazole rings is 1. The van der Waals surface area contributed by atoms with Crippen molar-refractivity contribution < 1.29 is 66.8 Å². The number of halogens is 13. The molecule has 1 aromatic rings. The molecular formula is C10H2F13N3O3.